The van der Waals surface area contributed by atoms with E-state index < -0.39 is 11.7 Å². The summed E-state index contributed by atoms with van der Waals surface area (Å²) in [6, 6.07) is 6.94. The summed E-state index contributed by atoms with van der Waals surface area (Å²) in [5.74, 6) is -0.221. The monoisotopic (exact) mass is 342 g/mol. The van der Waals surface area contributed by atoms with Crippen molar-refractivity contribution in [3.8, 4) is 0 Å². The number of hydrogen-bond donors (Lipinski definition) is 2. The molecule has 25 heavy (non-hydrogen) atoms. The van der Waals surface area contributed by atoms with Crippen LogP contribution in [0.2, 0.25) is 0 Å². The molecule has 8 nitrogen and oxygen atoms in total. The Morgan fingerprint density at radius 1 is 1.16 bits per heavy atom. The van der Waals surface area contributed by atoms with Crippen molar-refractivity contribution >= 4 is 22.8 Å². The first-order chi connectivity index (χ1) is 12.1. The van der Waals surface area contributed by atoms with E-state index in [-0.39, 0.29) is 17.2 Å². The summed E-state index contributed by atoms with van der Waals surface area (Å²) in [7, 11) is 0. The number of rotatable bonds is 1. The van der Waals surface area contributed by atoms with Gasteiger partial charge in [-0.1, -0.05) is 18.2 Å². The number of aromatic amines is 1. The maximum atomic E-state index is 13.0. The molecule has 0 saturated carbocycles. The molecule has 1 aromatic carbocycles. The molecular formula is C17H18N4O4. The minimum Gasteiger partial charge on any atom is -0.441 e. The Hall–Kier alpha value is -2.90. The highest BCUT2D eigenvalue weighted by atomic mass is 16.6. The zero-order chi connectivity index (χ0) is 17.4. The van der Waals surface area contributed by atoms with Gasteiger partial charge in [0.2, 0.25) is 0 Å². The van der Waals surface area contributed by atoms with Crippen molar-refractivity contribution < 1.29 is 14.3 Å². The first kappa shape index (κ1) is 15.6. The molecule has 4 rings (SSSR count). The SMILES string of the molecule is O=C1NC[C@]2(CCCN(C(=O)c3n[nH]c(=O)c4ccccc34)CC2)O1. The molecule has 2 saturated heterocycles. The Labute approximate surface area is 143 Å². The minimum absolute atomic E-state index is 0.221. The number of aromatic nitrogens is 2. The smallest absolute Gasteiger partial charge is 0.407 e. The van der Waals surface area contributed by atoms with Crippen molar-refractivity contribution in [2.24, 2.45) is 0 Å². The molecule has 0 radical (unpaired) electrons. The Bertz CT molecular complexity index is 909. The fourth-order valence-corrected chi connectivity index (χ4v) is 3.58. The molecule has 2 aliphatic rings. The van der Waals surface area contributed by atoms with Gasteiger partial charge in [0.15, 0.2) is 5.69 Å². The average molecular weight is 342 g/mol. The van der Waals surface area contributed by atoms with Crippen LogP contribution < -0.4 is 10.9 Å². The molecule has 2 fully saturated rings. The fourth-order valence-electron chi connectivity index (χ4n) is 3.58. The topological polar surface area (TPSA) is 104 Å². The molecule has 2 aromatic rings. The number of likely N-dealkylation sites (tertiary alicyclic amines) is 1. The molecule has 1 aromatic heterocycles. The molecule has 2 amide bonds. The van der Waals surface area contributed by atoms with Crippen molar-refractivity contribution in [1.82, 2.24) is 20.4 Å². The number of carbonyl (C=O) groups is 2. The lowest BCUT2D eigenvalue weighted by molar-refractivity contribution is 0.0438. The van der Waals surface area contributed by atoms with Crippen molar-refractivity contribution in [3.63, 3.8) is 0 Å². The summed E-state index contributed by atoms with van der Waals surface area (Å²) >= 11 is 0. The van der Waals surface area contributed by atoms with Gasteiger partial charge in [0.1, 0.15) is 5.60 Å². The summed E-state index contributed by atoms with van der Waals surface area (Å²) in [5, 5.41) is 10.1. The van der Waals surface area contributed by atoms with E-state index in [1.807, 2.05) is 0 Å². The molecule has 8 heteroatoms. The lowest BCUT2D eigenvalue weighted by Crippen LogP contribution is -2.37. The summed E-state index contributed by atoms with van der Waals surface area (Å²) in [4.78, 5) is 38.0. The van der Waals surface area contributed by atoms with Crippen molar-refractivity contribution in [2.75, 3.05) is 19.6 Å². The second-order valence-corrected chi connectivity index (χ2v) is 6.52. The highest BCUT2D eigenvalue weighted by Gasteiger charge is 2.42. The minimum atomic E-state index is -0.521. The van der Waals surface area contributed by atoms with Crippen LogP contribution in [-0.4, -0.2) is 52.3 Å². The van der Waals surface area contributed by atoms with Crippen LogP contribution in [0.3, 0.4) is 0 Å². The van der Waals surface area contributed by atoms with Crippen molar-refractivity contribution in [3.05, 3.63) is 40.3 Å². The van der Waals surface area contributed by atoms with E-state index in [1.165, 1.54) is 0 Å². The van der Waals surface area contributed by atoms with Crippen LogP contribution in [0.1, 0.15) is 29.8 Å². The van der Waals surface area contributed by atoms with E-state index in [0.717, 1.165) is 12.8 Å². The highest BCUT2D eigenvalue weighted by Crippen LogP contribution is 2.30. The predicted molar refractivity (Wildman–Crippen MR) is 89.3 cm³/mol. The van der Waals surface area contributed by atoms with Gasteiger partial charge in [0.25, 0.3) is 11.5 Å². The number of carbonyl (C=O) groups excluding carboxylic acids is 2. The molecule has 1 spiro atoms. The molecule has 0 aliphatic carbocycles. The number of fused-ring (bicyclic) bond motifs is 1. The maximum Gasteiger partial charge on any atom is 0.407 e. The summed E-state index contributed by atoms with van der Waals surface area (Å²) in [6.45, 7) is 1.52. The lowest BCUT2D eigenvalue weighted by Gasteiger charge is -2.25. The molecule has 1 atom stereocenters. The van der Waals surface area contributed by atoms with E-state index >= 15 is 0 Å². The zero-order valence-corrected chi connectivity index (χ0v) is 13.6. The molecule has 2 aliphatic heterocycles. The fraction of sp³-hybridized carbons (Fsp3) is 0.412. The van der Waals surface area contributed by atoms with Gasteiger partial charge in [0, 0.05) is 24.9 Å². The van der Waals surface area contributed by atoms with Crippen molar-refractivity contribution in [1.29, 1.82) is 0 Å². The molecular weight excluding hydrogens is 324 g/mol. The van der Waals surface area contributed by atoms with Gasteiger partial charge in [0.05, 0.1) is 11.9 Å². The number of H-pyrrole nitrogens is 1. The van der Waals surface area contributed by atoms with E-state index in [4.69, 9.17) is 4.74 Å². The Balaban J connectivity index is 1.61. The van der Waals surface area contributed by atoms with Gasteiger partial charge >= 0.3 is 6.09 Å². The van der Waals surface area contributed by atoms with Crippen molar-refractivity contribution in [2.45, 2.75) is 24.9 Å². The third-order valence-electron chi connectivity index (χ3n) is 4.95. The van der Waals surface area contributed by atoms with Crippen LogP contribution in [-0.2, 0) is 4.74 Å². The number of benzene rings is 1. The standard InChI is InChI=1S/C17H18N4O4/c22-14-12-5-2-1-4-11(12)13(19-20-14)15(23)21-8-3-6-17(7-9-21)10-18-16(24)25-17/h1-2,4-5H,3,6-10H2,(H,18,24)(H,20,22)/t17-/m1/s1. The number of nitrogens with zero attached hydrogens (tertiary/aromatic N) is 2. The number of ether oxygens (including phenoxy) is 1. The maximum absolute atomic E-state index is 13.0. The first-order valence-electron chi connectivity index (χ1n) is 8.32. The summed E-state index contributed by atoms with van der Waals surface area (Å²) in [5.41, 5.74) is -0.592. The van der Waals surface area contributed by atoms with E-state index in [1.54, 1.807) is 29.2 Å². The number of hydrogen-bond acceptors (Lipinski definition) is 5. The average Bonchev–Trinajstić information content (AvgIpc) is 2.86. The van der Waals surface area contributed by atoms with Crippen LogP contribution in [0.5, 0.6) is 0 Å². The van der Waals surface area contributed by atoms with Crippen LogP contribution in [0.15, 0.2) is 29.1 Å². The van der Waals surface area contributed by atoms with Crippen LogP contribution in [0.25, 0.3) is 10.8 Å². The normalized spacial score (nSPS) is 23.4. The number of alkyl carbamates (subject to hydrolysis) is 1. The largest absolute Gasteiger partial charge is 0.441 e. The van der Waals surface area contributed by atoms with E-state index in [2.05, 4.69) is 15.5 Å². The van der Waals surface area contributed by atoms with Crippen LogP contribution in [0.4, 0.5) is 4.79 Å². The number of nitrogens with one attached hydrogen (secondary N) is 2. The molecule has 3 heterocycles. The third-order valence-corrected chi connectivity index (χ3v) is 4.95. The Kier molecular flexibility index (Phi) is 3.67. The first-order valence-corrected chi connectivity index (χ1v) is 8.32. The van der Waals surface area contributed by atoms with E-state index in [9.17, 15) is 14.4 Å². The summed E-state index contributed by atoms with van der Waals surface area (Å²) < 4.78 is 5.44. The van der Waals surface area contributed by atoms with Gasteiger partial charge in [-0.05, 0) is 18.9 Å². The second kappa shape index (κ2) is 5.87. The highest BCUT2D eigenvalue weighted by molar-refractivity contribution is 6.04. The lowest BCUT2D eigenvalue weighted by atomic mass is 9.95. The van der Waals surface area contributed by atoms with Gasteiger partial charge in [-0.25, -0.2) is 9.89 Å². The molecule has 130 valence electrons. The van der Waals surface area contributed by atoms with Gasteiger partial charge in [-0.3, -0.25) is 9.59 Å². The quantitative estimate of drug-likeness (QED) is 0.805. The van der Waals surface area contributed by atoms with Crippen LogP contribution in [0, 0.1) is 0 Å². The predicted octanol–water partition coefficient (Wildman–Crippen LogP) is 1.03. The number of amides is 2. The second-order valence-electron chi connectivity index (χ2n) is 6.52. The molecule has 0 unspecified atom stereocenters. The zero-order valence-electron chi connectivity index (χ0n) is 13.6. The Morgan fingerprint density at radius 3 is 2.72 bits per heavy atom. The molecule has 2 N–H and O–H groups in total. The van der Waals surface area contributed by atoms with Crippen LogP contribution >= 0.6 is 0 Å². The Morgan fingerprint density at radius 2 is 1.96 bits per heavy atom. The third kappa shape index (κ3) is 2.73. The van der Waals surface area contributed by atoms with E-state index in [0.29, 0.717) is 36.8 Å². The van der Waals surface area contributed by atoms with Gasteiger partial charge < -0.3 is 15.0 Å². The van der Waals surface area contributed by atoms with Gasteiger partial charge in [-0.15, -0.1) is 0 Å². The van der Waals surface area contributed by atoms with Gasteiger partial charge in [-0.2, -0.15) is 5.10 Å². The molecule has 0 bridgehead atoms. The summed E-state index contributed by atoms with van der Waals surface area (Å²) in [6.07, 6.45) is 1.64.